The Morgan fingerprint density at radius 1 is 0.791 bits per heavy atom. The van der Waals surface area contributed by atoms with Crippen LogP contribution in [0.2, 0.25) is 5.02 Å². The molecule has 2 amide bonds. The third-order valence-electron chi connectivity index (χ3n) is 6.67. The Morgan fingerprint density at radius 2 is 1.53 bits per heavy atom. The van der Waals surface area contributed by atoms with Crippen LogP contribution in [0.5, 0.6) is 17.2 Å². The van der Waals surface area contributed by atoms with Gasteiger partial charge in [-0.25, -0.2) is 5.43 Å². The lowest BCUT2D eigenvalue weighted by Crippen LogP contribution is -2.21. The molecule has 0 unspecified atom stereocenters. The number of carbonyl (C=O) groups excluding carboxylic acids is 2. The predicted octanol–water partition coefficient (Wildman–Crippen LogP) is 7.11. The molecule has 0 aliphatic heterocycles. The van der Waals surface area contributed by atoms with Crippen LogP contribution in [0.1, 0.15) is 31.8 Å². The fraction of sp³-hybridized carbons (Fsp3) is 0.0882. The van der Waals surface area contributed by atoms with E-state index in [9.17, 15) is 9.59 Å². The van der Waals surface area contributed by atoms with Gasteiger partial charge in [-0.05, 0) is 64.9 Å². The number of para-hydroxylation sites is 1. The van der Waals surface area contributed by atoms with E-state index in [1.54, 1.807) is 60.7 Å². The molecule has 2 N–H and O–H groups in total. The highest BCUT2D eigenvalue weighted by atomic mass is 35.5. The number of ether oxygens (including phenoxy) is 3. The standard InChI is InChI=1S/C34H28ClN3O5/c1-41-31-16-14-23(19-32(31)42-2)33(39)37-29-13-6-5-12-28(29)34(40)38-36-20-25-18-26(35)15-17-30(25)43-21-24-10-7-9-22-8-3-4-11-27(22)24/h3-20H,21H2,1-2H3,(H,37,39)(H,38,40). The summed E-state index contributed by atoms with van der Waals surface area (Å²) in [7, 11) is 3.00. The lowest BCUT2D eigenvalue weighted by molar-refractivity contribution is 0.0956. The van der Waals surface area contributed by atoms with Crippen LogP contribution in [0.15, 0.2) is 108 Å². The van der Waals surface area contributed by atoms with Gasteiger partial charge in [-0.2, -0.15) is 5.10 Å². The zero-order valence-electron chi connectivity index (χ0n) is 23.5. The SMILES string of the molecule is COc1ccc(C(=O)Nc2ccccc2C(=O)NN=Cc2cc(Cl)ccc2OCc2cccc3ccccc23)cc1OC. The van der Waals surface area contributed by atoms with Crippen molar-refractivity contribution in [3.63, 3.8) is 0 Å². The molecule has 0 aliphatic rings. The number of methoxy groups -OCH3 is 2. The summed E-state index contributed by atoms with van der Waals surface area (Å²) in [6.07, 6.45) is 1.47. The number of fused-ring (bicyclic) bond motifs is 1. The Balaban J connectivity index is 1.28. The lowest BCUT2D eigenvalue weighted by atomic mass is 10.1. The van der Waals surface area contributed by atoms with Crippen LogP contribution >= 0.6 is 11.6 Å². The van der Waals surface area contributed by atoms with Gasteiger partial charge in [0.25, 0.3) is 11.8 Å². The average molecular weight is 594 g/mol. The molecule has 0 aromatic heterocycles. The summed E-state index contributed by atoms with van der Waals surface area (Å²) in [4.78, 5) is 26.0. The lowest BCUT2D eigenvalue weighted by Gasteiger charge is -2.12. The third kappa shape index (κ3) is 6.94. The van der Waals surface area contributed by atoms with Gasteiger partial charge in [-0.3, -0.25) is 9.59 Å². The first-order valence-corrected chi connectivity index (χ1v) is 13.7. The zero-order valence-corrected chi connectivity index (χ0v) is 24.2. The van der Waals surface area contributed by atoms with Crippen molar-refractivity contribution in [1.82, 2.24) is 5.43 Å². The maximum atomic E-state index is 13.1. The molecule has 0 bridgehead atoms. The van der Waals surface area contributed by atoms with E-state index in [0.29, 0.717) is 45.7 Å². The van der Waals surface area contributed by atoms with Crippen molar-refractivity contribution >= 4 is 46.1 Å². The second kappa shape index (κ2) is 13.5. The van der Waals surface area contributed by atoms with Crippen LogP contribution in [0.4, 0.5) is 5.69 Å². The first-order valence-electron chi connectivity index (χ1n) is 13.3. The van der Waals surface area contributed by atoms with E-state index in [1.165, 1.54) is 20.4 Å². The van der Waals surface area contributed by atoms with Gasteiger partial charge in [0.1, 0.15) is 12.4 Å². The second-order valence-corrected chi connectivity index (χ2v) is 9.81. The highest BCUT2D eigenvalue weighted by molar-refractivity contribution is 6.31. The van der Waals surface area contributed by atoms with Gasteiger partial charge < -0.3 is 19.5 Å². The monoisotopic (exact) mass is 593 g/mol. The van der Waals surface area contributed by atoms with Crippen LogP contribution in [-0.2, 0) is 6.61 Å². The van der Waals surface area contributed by atoms with Crippen molar-refractivity contribution in [1.29, 1.82) is 0 Å². The number of carbonyl (C=O) groups is 2. The van der Waals surface area contributed by atoms with Crippen LogP contribution in [0.3, 0.4) is 0 Å². The van der Waals surface area contributed by atoms with Gasteiger partial charge in [0.05, 0.1) is 31.7 Å². The van der Waals surface area contributed by atoms with Gasteiger partial charge in [-0.15, -0.1) is 0 Å². The van der Waals surface area contributed by atoms with Gasteiger partial charge in [-0.1, -0.05) is 66.2 Å². The number of halogens is 1. The van der Waals surface area contributed by atoms with Crippen molar-refractivity contribution in [3.8, 4) is 17.2 Å². The maximum Gasteiger partial charge on any atom is 0.273 e. The van der Waals surface area contributed by atoms with Crippen molar-refractivity contribution in [2.45, 2.75) is 6.61 Å². The largest absolute Gasteiger partial charge is 0.493 e. The molecule has 0 atom stereocenters. The number of nitrogens with one attached hydrogen (secondary N) is 2. The fourth-order valence-corrected chi connectivity index (χ4v) is 4.69. The van der Waals surface area contributed by atoms with E-state index in [1.807, 2.05) is 24.3 Å². The minimum atomic E-state index is -0.514. The molecular weight excluding hydrogens is 566 g/mol. The molecule has 0 radical (unpaired) electrons. The topological polar surface area (TPSA) is 98.2 Å². The van der Waals surface area contributed by atoms with Crippen LogP contribution in [0, 0.1) is 0 Å². The number of rotatable bonds is 10. The third-order valence-corrected chi connectivity index (χ3v) is 6.91. The first kappa shape index (κ1) is 29.2. The highest BCUT2D eigenvalue weighted by Gasteiger charge is 2.16. The van der Waals surface area contributed by atoms with Crippen molar-refractivity contribution in [3.05, 3.63) is 130 Å². The molecule has 0 saturated carbocycles. The summed E-state index contributed by atoms with van der Waals surface area (Å²) in [6, 6.07) is 30.8. The Kier molecular flexibility index (Phi) is 9.19. The number of hydrazone groups is 1. The van der Waals surface area contributed by atoms with Crippen molar-refractivity contribution in [2.24, 2.45) is 5.10 Å². The summed E-state index contributed by atoms with van der Waals surface area (Å²) >= 11 is 6.25. The summed E-state index contributed by atoms with van der Waals surface area (Å²) in [5, 5.41) is 9.65. The van der Waals surface area contributed by atoms with Crippen LogP contribution in [0.25, 0.3) is 10.8 Å². The van der Waals surface area contributed by atoms with Crippen LogP contribution < -0.4 is 25.0 Å². The molecule has 0 fully saturated rings. The Labute approximate surface area is 253 Å². The zero-order chi connectivity index (χ0) is 30.2. The second-order valence-electron chi connectivity index (χ2n) is 9.38. The van der Waals surface area contributed by atoms with Crippen molar-refractivity contribution < 1.29 is 23.8 Å². The number of hydrogen-bond donors (Lipinski definition) is 2. The minimum Gasteiger partial charge on any atom is -0.493 e. The summed E-state index contributed by atoms with van der Waals surface area (Å²) in [6.45, 7) is 0.337. The molecule has 0 saturated heterocycles. The number of benzene rings is 5. The molecule has 5 rings (SSSR count). The molecule has 43 heavy (non-hydrogen) atoms. The first-order chi connectivity index (χ1) is 21.0. The maximum absolute atomic E-state index is 13.1. The number of nitrogens with zero attached hydrogens (tertiary/aromatic N) is 1. The van der Waals surface area contributed by atoms with E-state index in [-0.39, 0.29) is 5.56 Å². The molecule has 8 nitrogen and oxygen atoms in total. The van der Waals surface area contributed by atoms with E-state index < -0.39 is 11.8 Å². The summed E-state index contributed by atoms with van der Waals surface area (Å²) in [5.41, 5.74) is 5.03. The molecule has 0 spiro atoms. The normalized spacial score (nSPS) is 10.9. The van der Waals surface area contributed by atoms with E-state index in [0.717, 1.165) is 16.3 Å². The predicted molar refractivity (Wildman–Crippen MR) is 169 cm³/mol. The van der Waals surface area contributed by atoms with Crippen molar-refractivity contribution in [2.75, 3.05) is 19.5 Å². The van der Waals surface area contributed by atoms with E-state index in [2.05, 4.69) is 34.0 Å². The van der Waals surface area contributed by atoms with Gasteiger partial charge in [0.2, 0.25) is 0 Å². The minimum absolute atomic E-state index is 0.229. The number of amides is 2. The van der Waals surface area contributed by atoms with Gasteiger partial charge >= 0.3 is 0 Å². The van der Waals surface area contributed by atoms with E-state index >= 15 is 0 Å². The molecule has 9 heteroatoms. The molecule has 5 aromatic carbocycles. The summed E-state index contributed by atoms with van der Waals surface area (Å²) < 4.78 is 16.7. The number of anilines is 1. The van der Waals surface area contributed by atoms with E-state index in [4.69, 9.17) is 25.8 Å². The molecule has 0 aliphatic carbocycles. The fourth-order valence-electron chi connectivity index (χ4n) is 4.51. The number of hydrogen-bond acceptors (Lipinski definition) is 6. The molecular formula is C34H28ClN3O5. The molecule has 216 valence electrons. The smallest absolute Gasteiger partial charge is 0.273 e. The average Bonchev–Trinajstić information content (AvgIpc) is 3.04. The Morgan fingerprint density at radius 3 is 2.37 bits per heavy atom. The Bertz CT molecular complexity index is 1820. The summed E-state index contributed by atoms with van der Waals surface area (Å²) in [5.74, 6) is 0.532. The Hall–Kier alpha value is -5.34. The quantitative estimate of drug-likeness (QED) is 0.133. The molecule has 5 aromatic rings. The van der Waals surface area contributed by atoms with Gasteiger partial charge in [0.15, 0.2) is 11.5 Å². The highest BCUT2D eigenvalue weighted by Crippen LogP contribution is 2.28. The molecule has 0 heterocycles. The van der Waals surface area contributed by atoms with Gasteiger partial charge in [0, 0.05) is 16.1 Å². The van der Waals surface area contributed by atoms with Crippen LogP contribution in [-0.4, -0.2) is 32.2 Å².